The van der Waals surface area contributed by atoms with Gasteiger partial charge in [-0.15, -0.1) is 0 Å². The van der Waals surface area contributed by atoms with Crippen LogP contribution in [0.3, 0.4) is 0 Å². The highest BCUT2D eigenvalue weighted by Gasteiger charge is 2.07. The highest BCUT2D eigenvalue weighted by molar-refractivity contribution is 6.27. The number of aryl methyl sites for hydroxylation is 1. The summed E-state index contributed by atoms with van der Waals surface area (Å²) in [5.74, 6) is -3.65. The number of fused-ring (bicyclic) bond motifs is 1. The topological polar surface area (TPSA) is 96.1 Å². The SMILES string of the molecule is CCCCc1cc2ccccn2c1C=O.O=C(O)C(=O)O. The van der Waals surface area contributed by atoms with E-state index in [0.29, 0.717) is 0 Å². The Hall–Kier alpha value is -2.63. The van der Waals surface area contributed by atoms with Gasteiger partial charge in [0.15, 0.2) is 6.29 Å². The van der Waals surface area contributed by atoms with Gasteiger partial charge >= 0.3 is 11.9 Å². The van der Waals surface area contributed by atoms with Gasteiger partial charge in [0.25, 0.3) is 0 Å². The average Bonchev–Trinajstić information content (AvgIpc) is 2.83. The van der Waals surface area contributed by atoms with Gasteiger partial charge in [0, 0.05) is 11.7 Å². The number of aromatic nitrogens is 1. The summed E-state index contributed by atoms with van der Waals surface area (Å²) in [6.45, 7) is 2.16. The van der Waals surface area contributed by atoms with E-state index in [0.717, 1.165) is 42.3 Å². The molecule has 6 nitrogen and oxygen atoms in total. The van der Waals surface area contributed by atoms with Gasteiger partial charge in [-0.1, -0.05) is 19.4 Å². The summed E-state index contributed by atoms with van der Waals surface area (Å²) in [6, 6.07) is 8.08. The third-order valence-electron chi connectivity index (χ3n) is 2.90. The number of pyridine rings is 1. The summed E-state index contributed by atoms with van der Waals surface area (Å²) in [5.41, 5.74) is 3.07. The first-order chi connectivity index (χ1) is 10.0. The lowest BCUT2D eigenvalue weighted by atomic mass is 10.1. The van der Waals surface area contributed by atoms with Crippen LogP contribution in [0.25, 0.3) is 5.52 Å². The summed E-state index contributed by atoms with van der Waals surface area (Å²) in [6.07, 6.45) is 6.18. The molecule has 0 bridgehead atoms. The number of hydrogen-bond acceptors (Lipinski definition) is 3. The minimum atomic E-state index is -1.82. The molecule has 0 saturated carbocycles. The highest BCUT2D eigenvalue weighted by Crippen LogP contribution is 2.17. The molecule has 6 heteroatoms. The second kappa shape index (κ2) is 7.84. The maximum Gasteiger partial charge on any atom is 0.414 e. The third-order valence-corrected chi connectivity index (χ3v) is 2.90. The van der Waals surface area contributed by atoms with Crippen molar-refractivity contribution >= 4 is 23.7 Å². The van der Waals surface area contributed by atoms with Gasteiger partial charge in [-0.05, 0) is 36.6 Å². The van der Waals surface area contributed by atoms with Crippen molar-refractivity contribution < 1.29 is 24.6 Å². The van der Waals surface area contributed by atoms with Crippen LogP contribution >= 0.6 is 0 Å². The quantitative estimate of drug-likeness (QED) is 0.665. The van der Waals surface area contributed by atoms with Gasteiger partial charge in [-0.2, -0.15) is 0 Å². The Bertz CT molecular complexity index is 633. The number of aliphatic carboxylic acids is 2. The van der Waals surface area contributed by atoms with Crippen molar-refractivity contribution in [3.05, 3.63) is 41.7 Å². The molecule has 2 aromatic rings. The maximum atomic E-state index is 11.0. The third kappa shape index (κ3) is 4.45. The van der Waals surface area contributed by atoms with Crippen molar-refractivity contribution in [1.82, 2.24) is 4.40 Å². The molecule has 0 aromatic carbocycles. The predicted molar refractivity (Wildman–Crippen MR) is 76.7 cm³/mol. The normalized spacial score (nSPS) is 9.76. The van der Waals surface area contributed by atoms with Crippen LogP contribution in [-0.4, -0.2) is 32.8 Å². The number of carbonyl (C=O) groups is 3. The summed E-state index contributed by atoms with van der Waals surface area (Å²) in [5, 5.41) is 14.8. The molecule has 0 aliphatic heterocycles. The molecule has 0 atom stereocenters. The Morgan fingerprint density at radius 1 is 1.24 bits per heavy atom. The fourth-order valence-electron chi connectivity index (χ4n) is 1.90. The van der Waals surface area contributed by atoms with Gasteiger partial charge in [0.1, 0.15) is 0 Å². The number of carbonyl (C=O) groups excluding carboxylic acids is 1. The lowest BCUT2D eigenvalue weighted by Crippen LogP contribution is -2.09. The van der Waals surface area contributed by atoms with Crippen molar-refractivity contribution in [3.8, 4) is 0 Å². The van der Waals surface area contributed by atoms with E-state index in [2.05, 4.69) is 13.0 Å². The molecule has 0 radical (unpaired) electrons. The van der Waals surface area contributed by atoms with Gasteiger partial charge in [0.2, 0.25) is 0 Å². The number of unbranched alkanes of at least 4 members (excludes halogenated alkanes) is 1. The van der Waals surface area contributed by atoms with Crippen LogP contribution in [0.15, 0.2) is 30.5 Å². The largest absolute Gasteiger partial charge is 0.473 e. The molecule has 0 saturated heterocycles. The van der Waals surface area contributed by atoms with Crippen molar-refractivity contribution in [2.24, 2.45) is 0 Å². The standard InChI is InChI=1S/C13H15NO.C2H2O4/c1-2-3-6-11-9-12-7-4-5-8-14(12)13(11)10-15;3-1(4)2(5)6/h4-5,7-10H,2-3,6H2,1H3;(H,3,4)(H,5,6). The highest BCUT2D eigenvalue weighted by atomic mass is 16.4. The summed E-state index contributed by atoms with van der Waals surface area (Å²) in [4.78, 5) is 29.2. The number of nitrogens with zero attached hydrogens (tertiary/aromatic N) is 1. The first kappa shape index (κ1) is 16.4. The van der Waals surface area contributed by atoms with Crippen molar-refractivity contribution in [3.63, 3.8) is 0 Å². The molecule has 0 unspecified atom stereocenters. The van der Waals surface area contributed by atoms with Crippen molar-refractivity contribution in [2.75, 3.05) is 0 Å². The van der Waals surface area contributed by atoms with Crippen molar-refractivity contribution in [1.29, 1.82) is 0 Å². The smallest absolute Gasteiger partial charge is 0.414 e. The summed E-state index contributed by atoms with van der Waals surface area (Å²) >= 11 is 0. The van der Waals surface area contributed by atoms with Crippen LogP contribution in [0.5, 0.6) is 0 Å². The minimum absolute atomic E-state index is 0.805. The van der Waals surface area contributed by atoms with E-state index in [9.17, 15) is 4.79 Å². The van der Waals surface area contributed by atoms with Crippen LogP contribution in [-0.2, 0) is 16.0 Å². The number of rotatable bonds is 4. The number of carboxylic acid groups (broad SMARTS) is 2. The van der Waals surface area contributed by atoms with E-state index >= 15 is 0 Å². The summed E-state index contributed by atoms with van der Waals surface area (Å²) < 4.78 is 1.96. The second-order valence-corrected chi connectivity index (χ2v) is 4.38. The fourth-order valence-corrected chi connectivity index (χ4v) is 1.90. The molecule has 0 amide bonds. The number of hydrogen-bond donors (Lipinski definition) is 2. The zero-order valence-electron chi connectivity index (χ0n) is 11.7. The number of aldehydes is 1. The van der Waals surface area contributed by atoms with Crippen LogP contribution in [0, 0.1) is 0 Å². The van der Waals surface area contributed by atoms with Gasteiger partial charge in [-0.25, -0.2) is 9.59 Å². The minimum Gasteiger partial charge on any atom is -0.473 e. The van der Waals surface area contributed by atoms with E-state index in [4.69, 9.17) is 19.8 Å². The first-order valence-electron chi connectivity index (χ1n) is 6.51. The zero-order valence-corrected chi connectivity index (χ0v) is 11.7. The van der Waals surface area contributed by atoms with E-state index in [1.807, 2.05) is 28.8 Å². The Labute approximate surface area is 121 Å². The van der Waals surface area contributed by atoms with E-state index in [-0.39, 0.29) is 0 Å². The molecular formula is C15H17NO5. The van der Waals surface area contributed by atoms with E-state index in [1.54, 1.807) is 0 Å². The number of carboxylic acids is 2. The molecule has 2 heterocycles. The molecule has 2 N–H and O–H groups in total. The van der Waals surface area contributed by atoms with Crippen LogP contribution in [0.4, 0.5) is 0 Å². The van der Waals surface area contributed by atoms with Crippen LogP contribution in [0.1, 0.15) is 35.8 Å². The zero-order chi connectivity index (χ0) is 15.8. The molecule has 21 heavy (non-hydrogen) atoms. The molecule has 2 aromatic heterocycles. The Morgan fingerprint density at radius 2 is 1.90 bits per heavy atom. The van der Waals surface area contributed by atoms with Crippen LogP contribution in [0.2, 0.25) is 0 Å². The lowest BCUT2D eigenvalue weighted by Gasteiger charge is -1.98. The molecule has 0 fully saturated rings. The maximum absolute atomic E-state index is 11.0. The molecule has 112 valence electrons. The predicted octanol–water partition coefficient (Wildman–Crippen LogP) is 2.25. The van der Waals surface area contributed by atoms with Gasteiger partial charge in [-0.3, -0.25) is 4.79 Å². The average molecular weight is 291 g/mol. The monoisotopic (exact) mass is 291 g/mol. The van der Waals surface area contributed by atoms with Gasteiger partial charge in [0.05, 0.1) is 5.69 Å². The Morgan fingerprint density at radius 3 is 2.43 bits per heavy atom. The van der Waals surface area contributed by atoms with E-state index in [1.165, 1.54) is 0 Å². The molecule has 2 rings (SSSR count). The Kier molecular flexibility index (Phi) is 6.13. The fraction of sp³-hybridized carbons (Fsp3) is 0.267. The van der Waals surface area contributed by atoms with Gasteiger partial charge < -0.3 is 14.6 Å². The molecule has 0 aliphatic rings. The van der Waals surface area contributed by atoms with Crippen LogP contribution < -0.4 is 0 Å². The molecular weight excluding hydrogens is 274 g/mol. The Balaban J connectivity index is 0.000000315. The first-order valence-corrected chi connectivity index (χ1v) is 6.51. The lowest BCUT2D eigenvalue weighted by molar-refractivity contribution is -0.159. The van der Waals surface area contributed by atoms with Crippen molar-refractivity contribution in [2.45, 2.75) is 26.2 Å². The summed E-state index contributed by atoms with van der Waals surface area (Å²) in [7, 11) is 0. The molecule has 0 aliphatic carbocycles. The van der Waals surface area contributed by atoms with E-state index < -0.39 is 11.9 Å². The second-order valence-electron chi connectivity index (χ2n) is 4.38. The molecule has 0 spiro atoms.